The van der Waals surface area contributed by atoms with Crippen LogP contribution in [-0.2, 0) is 6.54 Å². The van der Waals surface area contributed by atoms with Crippen molar-refractivity contribution in [1.29, 1.82) is 0 Å². The molecule has 1 fully saturated rings. The number of anilines is 3. The Kier molecular flexibility index (Phi) is 6.36. The van der Waals surface area contributed by atoms with E-state index in [1.165, 1.54) is 0 Å². The third kappa shape index (κ3) is 4.33. The van der Waals surface area contributed by atoms with Crippen molar-refractivity contribution in [2.75, 3.05) is 23.3 Å². The van der Waals surface area contributed by atoms with Gasteiger partial charge < -0.3 is 20.6 Å². The van der Waals surface area contributed by atoms with Gasteiger partial charge in [0.25, 0.3) is 5.91 Å². The largest absolute Gasteiger partial charge is 0.393 e. The highest BCUT2D eigenvalue weighted by atomic mass is 32.1. The van der Waals surface area contributed by atoms with Crippen LogP contribution in [0.15, 0.2) is 41.0 Å². The SMILES string of the molecule is C=Nc1c(C)csc1/C(=C\C)c1ncc(Nc2ccc(N3CCC(O)CC3)cn2)c2c1CNC2=O. The third-order valence-electron chi connectivity index (χ3n) is 6.56. The van der Waals surface area contributed by atoms with E-state index < -0.39 is 0 Å². The number of pyridine rings is 2. The zero-order valence-electron chi connectivity index (χ0n) is 19.8. The molecule has 0 atom stereocenters. The molecule has 0 aromatic carbocycles. The molecule has 8 nitrogen and oxygen atoms in total. The summed E-state index contributed by atoms with van der Waals surface area (Å²) in [5.74, 6) is 0.509. The predicted molar refractivity (Wildman–Crippen MR) is 141 cm³/mol. The highest BCUT2D eigenvalue weighted by Gasteiger charge is 2.29. The molecule has 5 rings (SSSR count). The van der Waals surface area contributed by atoms with E-state index >= 15 is 0 Å². The molecule has 0 saturated carbocycles. The van der Waals surface area contributed by atoms with Crippen LogP contribution in [0.25, 0.3) is 5.57 Å². The van der Waals surface area contributed by atoms with Gasteiger partial charge in [0.15, 0.2) is 0 Å². The van der Waals surface area contributed by atoms with E-state index in [-0.39, 0.29) is 12.0 Å². The molecule has 3 aromatic rings. The number of aromatic nitrogens is 2. The highest BCUT2D eigenvalue weighted by Crippen LogP contribution is 2.41. The van der Waals surface area contributed by atoms with Gasteiger partial charge in [-0.1, -0.05) is 6.08 Å². The molecule has 0 radical (unpaired) electrons. The summed E-state index contributed by atoms with van der Waals surface area (Å²) in [7, 11) is 0. The number of nitrogens with one attached hydrogen (secondary N) is 2. The Bertz CT molecular complexity index is 1310. The fourth-order valence-corrected chi connectivity index (χ4v) is 5.76. The molecule has 180 valence electrons. The quantitative estimate of drug-likeness (QED) is 0.439. The monoisotopic (exact) mass is 488 g/mol. The van der Waals surface area contributed by atoms with Gasteiger partial charge in [0, 0.05) is 30.8 Å². The number of amides is 1. The fourth-order valence-electron chi connectivity index (χ4n) is 4.68. The molecule has 0 spiro atoms. The first-order chi connectivity index (χ1) is 17.0. The lowest BCUT2D eigenvalue weighted by Gasteiger charge is -2.31. The first kappa shape index (κ1) is 23.2. The summed E-state index contributed by atoms with van der Waals surface area (Å²) >= 11 is 1.60. The molecule has 5 heterocycles. The molecule has 35 heavy (non-hydrogen) atoms. The molecule has 3 aromatic heterocycles. The number of carbonyl (C=O) groups is 1. The van der Waals surface area contributed by atoms with E-state index in [0.29, 0.717) is 23.6 Å². The Morgan fingerprint density at radius 1 is 1.31 bits per heavy atom. The second kappa shape index (κ2) is 9.59. The lowest BCUT2D eigenvalue weighted by molar-refractivity contribution is 0.0966. The zero-order chi connectivity index (χ0) is 24.5. The number of aliphatic hydroxyl groups is 1. The summed E-state index contributed by atoms with van der Waals surface area (Å²) in [5.41, 5.74) is 6.73. The van der Waals surface area contributed by atoms with E-state index in [4.69, 9.17) is 4.98 Å². The predicted octanol–water partition coefficient (Wildman–Crippen LogP) is 4.58. The maximum atomic E-state index is 12.8. The average Bonchev–Trinajstić information content (AvgIpc) is 3.44. The standard InChI is InChI=1S/C26H28N6O2S/c1-4-18(25-23(27-3)15(2)14-35-25)24-19-12-30-26(34)22(19)20(13-29-24)31-21-6-5-16(11-28-21)32-9-7-17(33)8-10-32/h4-6,11,13-14,17,33H,3,7-10,12H2,1-2H3,(H,28,31)(H,30,34)/b18-4-. The number of aryl methyl sites for hydroxylation is 1. The van der Waals surface area contributed by atoms with Crippen LogP contribution in [0, 0.1) is 6.92 Å². The Hall–Kier alpha value is -3.56. The van der Waals surface area contributed by atoms with Crippen molar-refractivity contribution in [2.45, 2.75) is 39.3 Å². The van der Waals surface area contributed by atoms with Crippen LogP contribution in [0.1, 0.15) is 51.8 Å². The molecule has 1 amide bonds. The summed E-state index contributed by atoms with van der Waals surface area (Å²) in [4.78, 5) is 29.6. The highest BCUT2D eigenvalue weighted by molar-refractivity contribution is 7.12. The van der Waals surface area contributed by atoms with Gasteiger partial charge in [0.2, 0.25) is 0 Å². The van der Waals surface area contributed by atoms with Crippen molar-refractivity contribution in [3.05, 3.63) is 63.2 Å². The van der Waals surface area contributed by atoms with Gasteiger partial charge in [0.1, 0.15) is 5.82 Å². The lowest BCUT2D eigenvalue weighted by atomic mass is 9.99. The molecule has 0 bridgehead atoms. The van der Waals surface area contributed by atoms with Crippen molar-refractivity contribution in [3.8, 4) is 0 Å². The van der Waals surface area contributed by atoms with Crippen LogP contribution < -0.4 is 15.5 Å². The second-order valence-corrected chi connectivity index (χ2v) is 9.64. The minimum absolute atomic E-state index is 0.130. The van der Waals surface area contributed by atoms with E-state index in [0.717, 1.165) is 64.6 Å². The first-order valence-corrected chi connectivity index (χ1v) is 12.6. The number of hydrogen-bond acceptors (Lipinski definition) is 8. The summed E-state index contributed by atoms with van der Waals surface area (Å²) in [6, 6.07) is 3.91. The third-order valence-corrected chi connectivity index (χ3v) is 7.68. The van der Waals surface area contributed by atoms with Gasteiger partial charge in [-0.25, -0.2) is 4.98 Å². The number of piperidine rings is 1. The van der Waals surface area contributed by atoms with Crippen LogP contribution in [-0.4, -0.2) is 46.9 Å². The smallest absolute Gasteiger partial charge is 0.254 e. The minimum Gasteiger partial charge on any atom is -0.393 e. The van der Waals surface area contributed by atoms with E-state index in [1.807, 2.05) is 38.3 Å². The van der Waals surface area contributed by atoms with E-state index in [1.54, 1.807) is 17.5 Å². The Morgan fingerprint density at radius 2 is 2.11 bits per heavy atom. The van der Waals surface area contributed by atoms with Gasteiger partial charge in [-0.3, -0.25) is 14.8 Å². The minimum atomic E-state index is -0.213. The van der Waals surface area contributed by atoms with E-state index in [9.17, 15) is 9.90 Å². The Balaban J connectivity index is 1.44. The zero-order valence-corrected chi connectivity index (χ0v) is 20.7. The number of aliphatic imine (C=N–C) groups is 1. The molecule has 0 unspecified atom stereocenters. The van der Waals surface area contributed by atoms with Gasteiger partial charge in [0.05, 0.1) is 51.7 Å². The summed E-state index contributed by atoms with van der Waals surface area (Å²) in [5, 5.41) is 18.0. The Labute approximate surface area is 208 Å². The molecule has 9 heteroatoms. The maximum Gasteiger partial charge on any atom is 0.254 e. The van der Waals surface area contributed by atoms with Crippen LogP contribution in [0.3, 0.4) is 0 Å². The number of aliphatic hydroxyl groups excluding tert-OH is 1. The van der Waals surface area contributed by atoms with Crippen molar-refractivity contribution in [2.24, 2.45) is 4.99 Å². The van der Waals surface area contributed by atoms with Gasteiger partial charge in [-0.2, -0.15) is 0 Å². The Morgan fingerprint density at radius 3 is 2.80 bits per heavy atom. The normalized spacial score (nSPS) is 16.3. The van der Waals surface area contributed by atoms with Crippen LogP contribution in [0.5, 0.6) is 0 Å². The van der Waals surface area contributed by atoms with Crippen molar-refractivity contribution < 1.29 is 9.90 Å². The van der Waals surface area contributed by atoms with E-state index in [2.05, 4.69) is 37.6 Å². The average molecular weight is 489 g/mol. The number of rotatable bonds is 6. The number of thiophene rings is 1. The molecule has 2 aliphatic rings. The van der Waals surface area contributed by atoms with Gasteiger partial charge in [-0.15, -0.1) is 11.3 Å². The summed E-state index contributed by atoms with van der Waals surface area (Å²) in [6.07, 6.45) is 6.86. The van der Waals surface area contributed by atoms with Crippen LogP contribution in [0.4, 0.5) is 22.9 Å². The van der Waals surface area contributed by atoms with Gasteiger partial charge in [-0.05, 0) is 56.5 Å². The van der Waals surface area contributed by atoms with Crippen LogP contribution >= 0.6 is 11.3 Å². The van der Waals surface area contributed by atoms with Crippen molar-refractivity contribution >= 4 is 52.4 Å². The fraction of sp³-hybridized carbons (Fsp3) is 0.308. The van der Waals surface area contributed by atoms with Crippen molar-refractivity contribution in [1.82, 2.24) is 15.3 Å². The molecule has 3 N–H and O–H groups in total. The number of allylic oxidation sites excluding steroid dienone is 1. The molecule has 0 aliphatic carbocycles. The van der Waals surface area contributed by atoms with Crippen molar-refractivity contribution in [3.63, 3.8) is 0 Å². The molecule has 1 saturated heterocycles. The summed E-state index contributed by atoms with van der Waals surface area (Å²) < 4.78 is 0. The number of hydrogen-bond donors (Lipinski definition) is 3. The number of nitrogens with zero attached hydrogens (tertiary/aromatic N) is 4. The molecular formula is C26H28N6O2S. The molecular weight excluding hydrogens is 460 g/mol. The number of carbonyl (C=O) groups excluding carboxylic acids is 1. The number of fused-ring (bicyclic) bond motifs is 1. The first-order valence-electron chi connectivity index (χ1n) is 11.7. The maximum absolute atomic E-state index is 12.8. The van der Waals surface area contributed by atoms with Gasteiger partial charge >= 0.3 is 0 Å². The second-order valence-electron chi connectivity index (χ2n) is 8.76. The topological polar surface area (TPSA) is 103 Å². The van der Waals surface area contributed by atoms with Crippen LogP contribution in [0.2, 0.25) is 0 Å². The molecule has 2 aliphatic heterocycles. The summed E-state index contributed by atoms with van der Waals surface area (Å²) in [6.45, 7) is 9.76. The lowest BCUT2D eigenvalue weighted by Crippen LogP contribution is -2.35.